The van der Waals surface area contributed by atoms with Crippen molar-refractivity contribution in [3.05, 3.63) is 124 Å². The van der Waals surface area contributed by atoms with Gasteiger partial charge in [0.2, 0.25) is 0 Å². The van der Waals surface area contributed by atoms with Crippen LogP contribution in [-0.4, -0.2) is 156 Å². The van der Waals surface area contributed by atoms with E-state index < -0.39 is 123 Å². The number of ether oxygens (including phenoxy) is 7. The van der Waals surface area contributed by atoms with Crippen LogP contribution < -0.4 is 0 Å². The van der Waals surface area contributed by atoms with Gasteiger partial charge < -0.3 is 58.5 Å². The number of carbonyl (C=O) groups is 1. The van der Waals surface area contributed by atoms with E-state index in [2.05, 4.69) is 50.1 Å². The minimum atomic E-state index is -1.82. The summed E-state index contributed by atoms with van der Waals surface area (Å²) < 4.78 is 42.7. The van der Waals surface area contributed by atoms with Crippen molar-refractivity contribution in [2.45, 2.75) is 130 Å². The second-order valence-corrected chi connectivity index (χ2v) is 16.1. The molecule has 67 heavy (non-hydrogen) atoms. The van der Waals surface area contributed by atoms with Gasteiger partial charge in [0.05, 0.1) is 68.4 Å². The third-order valence-corrected chi connectivity index (χ3v) is 12.1. The van der Waals surface area contributed by atoms with Gasteiger partial charge in [-0.1, -0.05) is 86.2 Å². The molecule has 28 nitrogen and oxygen atoms in total. The molecule has 1 saturated carbocycles. The van der Waals surface area contributed by atoms with E-state index in [9.17, 15) is 47.3 Å². The van der Waals surface area contributed by atoms with Gasteiger partial charge in [-0.15, -0.1) is 0 Å². The molecule has 0 aromatic heterocycles. The predicted molar refractivity (Wildman–Crippen MR) is 228 cm³/mol. The molecule has 358 valence electrons. The van der Waals surface area contributed by atoms with Gasteiger partial charge in [0, 0.05) is 50.2 Å². The van der Waals surface area contributed by atoms with Gasteiger partial charge in [0.25, 0.3) is 0 Å². The van der Waals surface area contributed by atoms with Crippen molar-refractivity contribution in [2.75, 3.05) is 26.8 Å². The van der Waals surface area contributed by atoms with Crippen LogP contribution in [0.2, 0.25) is 0 Å². The average molecular weight is 935 g/mol. The molecule has 1 amide bonds. The van der Waals surface area contributed by atoms with E-state index in [0.29, 0.717) is 6.42 Å². The molecule has 4 fully saturated rings. The van der Waals surface area contributed by atoms with Crippen LogP contribution >= 0.6 is 0 Å². The Morgan fingerprint density at radius 2 is 1.34 bits per heavy atom. The maximum Gasteiger partial charge on any atom is 0.410 e. The van der Waals surface area contributed by atoms with E-state index in [4.69, 9.17) is 38.7 Å². The average Bonchev–Trinajstić information content (AvgIpc) is 3.63. The van der Waals surface area contributed by atoms with E-state index in [1.807, 2.05) is 60.7 Å². The Balaban J connectivity index is 1.31. The molecule has 17 atom stereocenters. The number of aliphatic hydroxyl groups is 4. The van der Waals surface area contributed by atoms with Crippen molar-refractivity contribution < 1.29 is 58.4 Å². The third kappa shape index (κ3) is 12.3. The summed E-state index contributed by atoms with van der Waals surface area (Å²) in [5.41, 5.74) is 48.9. The van der Waals surface area contributed by atoms with Crippen molar-refractivity contribution >= 4 is 6.09 Å². The second kappa shape index (κ2) is 24.6. The SMILES string of the molecule is CO[C@H]1C(N=[N+]=[N-])CC(N=[N+]=[N-])[C@@H](C2O[C@H](CN(Cc3ccccc3)C(=O)OCc3ccccc3)CCC2N=[N+]=[N-])[C@@H]1O[C@@H]1O[C@H](CO)[C@@H](O[C@H]2O[C@@H](CN=[N+]=[N-])[C@@H](O)[C@H](O)C2N=[N+]=[N-])[C@H]1O. The van der Waals surface area contributed by atoms with E-state index in [-0.39, 0.29) is 32.5 Å². The van der Waals surface area contributed by atoms with Gasteiger partial charge in [0.15, 0.2) is 12.6 Å². The molecule has 2 aromatic rings. The lowest BCUT2D eigenvalue weighted by atomic mass is 9.72. The minimum absolute atomic E-state index is 0.000959. The highest BCUT2D eigenvalue weighted by Gasteiger charge is 2.56. The molecule has 4 aliphatic rings. The van der Waals surface area contributed by atoms with E-state index >= 15 is 0 Å². The number of aliphatic hydroxyl groups excluding tert-OH is 4. The summed E-state index contributed by atoms with van der Waals surface area (Å²) >= 11 is 0. The molecule has 28 heteroatoms. The Morgan fingerprint density at radius 3 is 1.99 bits per heavy atom. The Hall–Kier alpha value is -6.14. The van der Waals surface area contributed by atoms with Crippen LogP contribution in [0.25, 0.3) is 52.2 Å². The normalized spacial score (nSPS) is 34.7. The molecule has 3 heterocycles. The fourth-order valence-electron chi connectivity index (χ4n) is 8.99. The molecule has 3 saturated heterocycles. The Labute approximate surface area is 381 Å². The van der Waals surface area contributed by atoms with E-state index in [0.717, 1.165) is 11.1 Å². The number of carbonyl (C=O) groups excluding carboxylic acids is 1. The predicted octanol–water partition coefficient (Wildman–Crippen LogP) is 4.73. The first-order valence-corrected chi connectivity index (χ1v) is 21.2. The first-order valence-electron chi connectivity index (χ1n) is 21.2. The van der Waals surface area contributed by atoms with Crippen LogP contribution in [0.1, 0.15) is 30.4 Å². The maximum absolute atomic E-state index is 13.8. The lowest BCUT2D eigenvalue weighted by Crippen LogP contribution is -2.62. The molecule has 0 spiro atoms. The van der Waals surface area contributed by atoms with Gasteiger partial charge in [-0.05, 0) is 58.0 Å². The van der Waals surface area contributed by atoms with Gasteiger partial charge in [-0.3, -0.25) is 0 Å². The number of hydrogen-bond donors (Lipinski definition) is 4. The van der Waals surface area contributed by atoms with Crippen molar-refractivity contribution in [3.8, 4) is 0 Å². The number of nitrogens with zero attached hydrogens (tertiary/aromatic N) is 16. The number of methoxy groups -OCH3 is 1. The van der Waals surface area contributed by atoms with Gasteiger partial charge >= 0.3 is 6.09 Å². The molecular weight excluding hydrogens is 885 g/mol. The summed E-state index contributed by atoms with van der Waals surface area (Å²) in [6.07, 6.45) is -17.6. The van der Waals surface area contributed by atoms with Crippen LogP contribution in [0.15, 0.2) is 86.2 Å². The largest absolute Gasteiger partial charge is 0.445 e. The summed E-state index contributed by atoms with van der Waals surface area (Å²) in [6, 6.07) is 13.7. The minimum Gasteiger partial charge on any atom is -0.445 e. The molecule has 3 aliphatic heterocycles. The van der Waals surface area contributed by atoms with Gasteiger partial charge in [-0.25, -0.2) is 4.79 Å². The zero-order valence-corrected chi connectivity index (χ0v) is 36.0. The first-order chi connectivity index (χ1) is 32.6. The fraction of sp³-hybridized carbons (Fsp3) is 0.667. The molecule has 6 rings (SSSR count). The Morgan fingerprint density at radius 1 is 0.716 bits per heavy atom. The van der Waals surface area contributed by atoms with Crippen LogP contribution in [0.3, 0.4) is 0 Å². The molecule has 0 bridgehead atoms. The summed E-state index contributed by atoms with van der Waals surface area (Å²) in [6.45, 7) is -1.12. The summed E-state index contributed by atoms with van der Waals surface area (Å²) in [4.78, 5) is 29.7. The highest BCUT2D eigenvalue weighted by Crippen LogP contribution is 2.43. The smallest absolute Gasteiger partial charge is 0.410 e. The van der Waals surface area contributed by atoms with Crippen LogP contribution in [0.4, 0.5) is 4.79 Å². The molecular formula is C39H50N16O12. The quantitative estimate of drug-likeness (QED) is 0.0844. The second-order valence-electron chi connectivity index (χ2n) is 16.1. The van der Waals surface area contributed by atoms with Crippen molar-refractivity contribution in [1.82, 2.24) is 4.90 Å². The summed E-state index contributed by atoms with van der Waals surface area (Å²) in [5.74, 6) is -1.10. The zero-order valence-electron chi connectivity index (χ0n) is 36.0. The van der Waals surface area contributed by atoms with Crippen LogP contribution in [0.5, 0.6) is 0 Å². The molecule has 5 unspecified atom stereocenters. The number of hydrogen-bond acceptors (Lipinski definition) is 17. The van der Waals surface area contributed by atoms with E-state index in [1.54, 1.807) is 0 Å². The monoisotopic (exact) mass is 934 g/mol. The first kappa shape index (κ1) is 50.3. The standard InChI is InChI=1S/C39H50N16O12/c1-61-34-25(48-53-43)14-24(47-52-42)28(36(34)67-38-32(59)35(27(18-56)65-38)66-37-29(49-54-44)31(58)30(57)26(64-37)15-45-50-40)33-23(46-51-41)13-12-22(63-33)17-55(16-20-8-4-2-5-9-20)39(60)62-19-21-10-6-3-7-11-21/h2-11,22-38,56-59H,12-19H2,1H3/t22-,23?,24?,25?,26-,27+,28-,29?,30+,31+,32+,33?,34-,35+,36-,37+,38-/m0/s1. The van der Waals surface area contributed by atoms with E-state index in [1.165, 1.54) is 12.0 Å². The molecule has 0 radical (unpaired) electrons. The Bertz CT molecular complexity index is 2190. The fourth-order valence-corrected chi connectivity index (χ4v) is 8.99. The lowest BCUT2D eigenvalue weighted by Gasteiger charge is -2.50. The van der Waals surface area contributed by atoms with Crippen LogP contribution in [0, 0.1) is 5.92 Å². The molecule has 1 aliphatic carbocycles. The van der Waals surface area contributed by atoms with Gasteiger partial charge in [-0.2, -0.15) is 0 Å². The van der Waals surface area contributed by atoms with Crippen molar-refractivity contribution in [1.29, 1.82) is 0 Å². The lowest BCUT2D eigenvalue weighted by molar-refractivity contribution is -0.280. The number of rotatable bonds is 19. The zero-order chi connectivity index (χ0) is 47.9. The Kier molecular flexibility index (Phi) is 18.4. The van der Waals surface area contributed by atoms with Crippen molar-refractivity contribution in [3.63, 3.8) is 0 Å². The topological polar surface area (TPSA) is 410 Å². The highest BCUT2D eigenvalue weighted by atomic mass is 16.8. The third-order valence-electron chi connectivity index (χ3n) is 12.1. The number of amides is 1. The molecule has 2 aromatic carbocycles. The number of benzene rings is 2. The highest BCUT2D eigenvalue weighted by molar-refractivity contribution is 5.67. The number of azide groups is 5. The summed E-state index contributed by atoms with van der Waals surface area (Å²) in [7, 11) is 1.31. The molecule has 4 N–H and O–H groups in total. The van der Waals surface area contributed by atoms with Gasteiger partial charge in [0.1, 0.15) is 37.1 Å². The maximum atomic E-state index is 13.8. The summed E-state index contributed by atoms with van der Waals surface area (Å²) in [5, 5.41) is 62.6. The van der Waals surface area contributed by atoms with Crippen molar-refractivity contribution in [2.24, 2.45) is 31.5 Å². The van der Waals surface area contributed by atoms with Crippen LogP contribution in [-0.2, 0) is 46.3 Å².